The van der Waals surface area contributed by atoms with Crippen LogP contribution in [0, 0.1) is 5.92 Å². The van der Waals surface area contributed by atoms with E-state index in [0.717, 1.165) is 38.5 Å². The second kappa shape index (κ2) is 6.79. The van der Waals surface area contributed by atoms with Crippen LogP contribution in [0.25, 0.3) is 0 Å². The van der Waals surface area contributed by atoms with Crippen molar-refractivity contribution in [1.29, 1.82) is 0 Å². The summed E-state index contributed by atoms with van der Waals surface area (Å²) in [4.78, 5) is 2.29. The maximum Gasteiger partial charge on any atom is 0.416 e. The molecule has 1 aliphatic heterocycles. The summed E-state index contributed by atoms with van der Waals surface area (Å²) in [7, 11) is 2.10. The third kappa shape index (κ3) is 4.45. The summed E-state index contributed by atoms with van der Waals surface area (Å²) >= 11 is 0. The normalized spacial score (nSPS) is 19.7. The maximum atomic E-state index is 13.0. The van der Waals surface area contributed by atoms with Gasteiger partial charge in [-0.05, 0) is 64.0 Å². The van der Waals surface area contributed by atoms with E-state index in [0.29, 0.717) is 11.5 Å². The summed E-state index contributed by atoms with van der Waals surface area (Å²) in [5.41, 5.74) is -0.202. The van der Waals surface area contributed by atoms with Crippen LogP contribution in [-0.4, -0.2) is 31.6 Å². The Balaban J connectivity index is 1.96. The van der Waals surface area contributed by atoms with Crippen LogP contribution in [0.4, 0.5) is 13.2 Å². The number of piperidine rings is 1. The summed E-state index contributed by atoms with van der Waals surface area (Å²) in [5, 5.41) is 3.28. The molecule has 0 aliphatic carbocycles. The van der Waals surface area contributed by atoms with Gasteiger partial charge in [0.1, 0.15) is 0 Å². The Hall–Kier alpha value is -1.07. The van der Waals surface area contributed by atoms with Gasteiger partial charge in [-0.15, -0.1) is 0 Å². The second-order valence-corrected chi connectivity index (χ2v) is 5.96. The number of alkyl halides is 3. The van der Waals surface area contributed by atoms with Crippen LogP contribution in [0.1, 0.15) is 36.9 Å². The van der Waals surface area contributed by atoms with Crippen molar-refractivity contribution < 1.29 is 13.2 Å². The average molecular weight is 300 g/mol. The highest BCUT2D eigenvalue weighted by Gasteiger charge is 2.34. The van der Waals surface area contributed by atoms with Crippen LogP contribution >= 0.6 is 0 Å². The summed E-state index contributed by atoms with van der Waals surface area (Å²) in [5.74, 6) is 0.557. The third-order valence-electron chi connectivity index (χ3n) is 4.28. The number of hydrogen-bond donors (Lipinski definition) is 1. The molecular weight excluding hydrogens is 277 g/mol. The van der Waals surface area contributed by atoms with Crippen molar-refractivity contribution in [2.24, 2.45) is 5.92 Å². The third-order valence-corrected chi connectivity index (χ3v) is 4.28. The summed E-state index contributed by atoms with van der Waals surface area (Å²) in [6.07, 6.45) is -2.08. The largest absolute Gasteiger partial charge is 0.416 e. The fraction of sp³-hybridized carbons (Fsp3) is 0.625. The van der Waals surface area contributed by atoms with Gasteiger partial charge in [0.2, 0.25) is 0 Å². The number of nitrogens with one attached hydrogen (secondary N) is 1. The molecule has 0 radical (unpaired) electrons. The van der Waals surface area contributed by atoms with E-state index in [1.54, 1.807) is 19.1 Å². The van der Waals surface area contributed by atoms with Gasteiger partial charge in [-0.2, -0.15) is 13.2 Å². The molecule has 1 aromatic carbocycles. The molecule has 21 heavy (non-hydrogen) atoms. The molecule has 2 nitrogen and oxygen atoms in total. The molecule has 2 rings (SSSR count). The average Bonchev–Trinajstić information content (AvgIpc) is 2.45. The molecule has 1 aliphatic rings. The second-order valence-electron chi connectivity index (χ2n) is 5.96. The zero-order chi connectivity index (χ0) is 15.5. The number of rotatable bonds is 4. The van der Waals surface area contributed by atoms with E-state index in [1.165, 1.54) is 6.07 Å². The molecule has 0 amide bonds. The fourth-order valence-electron chi connectivity index (χ4n) is 2.85. The van der Waals surface area contributed by atoms with Gasteiger partial charge >= 0.3 is 6.18 Å². The molecule has 1 unspecified atom stereocenters. The standard InChI is InChI=1S/C16H23F3N2/c1-12(20-11-13-7-9-21(2)10-8-13)14-5-3-4-6-15(14)16(17,18)19/h3-6,12-13,20H,7-11H2,1-2H3. The van der Waals surface area contributed by atoms with E-state index in [2.05, 4.69) is 17.3 Å². The highest BCUT2D eigenvalue weighted by molar-refractivity contribution is 5.32. The van der Waals surface area contributed by atoms with Gasteiger partial charge in [-0.1, -0.05) is 18.2 Å². The molecule has 0 aromatic heterocycles. The Labute approximate surface area is 124 Å². The van der Waals surface area contributed by atoms with Crippen molar-refractivity contribution >= 4 is 0 Å². The summed E-state index contributed by atoms with van der Waals surface area (Å²) in [6, 6.07) is 5.54. The van der Waals surface area contributed by atoms with Crippen LogP contribution in [0.2, 0.25) is 0 Å². The lowest BCUT2D eigenvalue weighted by molar-refractivity contribution is -0.138. The molecule has 1 aromatic rings. The van der Waals surface area contributed by atoms with Crippen LogP contribution in [0.3, 0.4) is 0 Å². The molecule has 5 heteroatoms. The van der Waals surface area contributed by atoms with Gasteiger partial charge in [0.15, 0.2) is 0 Å². The molecule has 0 saturated carbocycles. The molecule has 1 N–H and O–H groups in total. The highest BCUT2D eigenvalue weighted by atomic mass is 19.4. The maximum absolute atomic E-state index is 13.0. The molecule has 1 heterocycles. The Morgan fingerprint density at radius 2 is 1.86 bits per heavy atom. The molecule has 0 spiro atoms. The lowest BCUT2D eigenvalue weighted by atomic mass is 9.95. The minimum atomic E-state index is -4.29. The zero-order valence-electron chi connectivity index (χ0n) is 12.6. The van der Waals surface area contributed by atoms with E-state index in [9.17, 15) is 13.2 Å². The van der Waals surface area contributed by atoms with E-state index in [1.807, 2.05) is 0 Å². The predicted octanol–water partition coefficient (Wildman–Crippen LogP) is 3.70. The number of halogens is 3. The SMILES string of the molecule is CC(NCC1CCN(C)CC1)c1ccccc1C(F)(F)F. The Bertz CT molecular complexity index is 451. The molecule has 0 bridgehead atoms. The lowest BCUT2D eigenvalue weighted by Crippen LogP contribution is -2.35. The molecular formula is C16H23F3N2. The zero-order valence-corrected chi connectivity index (χ0v) is 12.6. The number of benzene rings is 1. The van der Waals surface area contributed by atoms with Crippen molar-refractivity contribution in [3.8, 4) is 0 Å². The van der Waals surface area contributed by atoms with E-state index in [-0.39, 0.29) is 6.04 Å². The van der Waals surface area contributed by atoms with Gasteiger partial charge in [0.05, 0.1) is 5.56 Å². The molecule has 1 fully saturated rings. The van der Waals surface area contributed by atoms with E-state index < -0.39 is 11.7 Å². The van der Waals surface area contributed by atoms with Gasteiger partial charge in [0, 0.05) is 6.04 Å². The monoisotopic (exact) mass is 300 g/mol. The van der Waals surface area contributed by atoms with E-state index >= 15 is 0 Å². The first-order valence-corrected chi connectivity index (χ1v) is 7.46. The van der Waals surface area contributed by atoms with Crippen molar-refractivity contribution in [1.82, 2.24) is 10.2 Å². The van der Waals surface area contributed by atoms with Crippen molar-refractivity contribution in [3.05, 3.63) is 35.4 Å². The van der Waals surface area contributed by atoms with Crippen LogP contribution in [-0.2, 0) is 6.18 Å². The number of likely N-dealkylation sites (tertiary alicyclic amines) is 1. The number of hydrogen-bond acceptors (Lipinski definition) is 2. The molecule has 1 saturated heterocycles. The predicted molar refractivity (Wildman–Crippen MR) is 78.1 cm³/mol. The Morgan fingerprint density at radius 1 is 1.24 bits per heavy atom. The Kier molecular flexibility index (Phi) is 5.27. The highest BCUT2D eigenvalue weighted by Crippen LogP contribution is 2.34. The van der Waals surface area contributed by atoms with Crippen molar-refractivity contribution in [2.45, 2.75) is 32.0 Å². The molecule has 118 valence electrons. The van der Waals surface area contributed by atoms with Crippen LogP contribution in [0.5, 0.6) is 0 Å². The first-order valence-electron chi connectivity index (χ1n) is 7.46. The topological polar surface area (TPSA) is 15.3 Å². The summed E-state index contributed by atoms with van der Waals surface area (Å²) < 4.78 is 39.0. The summed E-state index contributed by atoms with van der Waals surface area (Å²) in [6.45, 7) is 4.72. The van der Waals surface area contributed by atoms with E-state index in [4.69, 9.17) is 0 Å². The fourth-order valence-corrected chi connectivity index (χ4v) is 2.85. The van der Waals surface area contributed by atoms with Gasteiger partial charge in [-0.25, -0.2) is 0 Å². The first-order chi connectivity index (χ1) is 9.88. The lowest BCUT2D eigenvalue weighted by Gasteiger charge is -2.30. The van der Waals surface area contributed by atoms with Gasteiger partial charge < -0.3 is 10.2 Å². The minimum absolute atomic E-state index is 0.289. The van der Waals surface area contributed by atoms with Crippen molar-refractivity contribution in [3.63, 3.8) is 0 Å². The molecule has 1 atom stereocenters. The Morgan fingerprint density at radius 3 is 2.48 bits per heavy atom. The minimum Gasteiger partial charge on any atom is -0.310 e. The van der Waals surface area contributed by atoms with Crippen LogP contribution in [0.15, 0.2) is 24.3 Å². The quantitative estimate of drug-likeness (QED) is 0.912. The van der Waals surface area contributed by atoms with Crippen molar-refractivity contribution in [2.75, 3.05) is 26.7 Å². The van der Waals surface area contributed by atoms with Crippen LogP contribution < -0.4 is 5.32 Å². The number of nitrogens with zero attached hydrogens (tertiary/aromatic N) is 1. The van der Waals surface area contributed by atoms with Gasteiger partial charge in [-0.3, -0.25) is 0 Å². The van der Waals surface area contributed by atoms with Gasteiger partial charge in [0.25, 0.3) is 0 Å². The first kappa shape index (κ1) is 16.3. The smallest absolute Gasteiger partial charge is 0.310 e.